The second-order valence-corrected chi connectivity index (χ2v) is 12.7. The molecule has 0 N–H and O–H groups in total. The van der Waals surface area contributed by atoms with Crippen LogP contribution in [0.3, 0.4) is 0 Å². The van der Waals surface area contributed by atoms with Gasteiger partial charge in [-0.2, -0.15) is 0 Å². The summed E-state index contributed by atoms with van der Waals surface area (Å²) in [5.41, 5.74) is 9.72. The number of benzene rings is 3. The standard InChI is InChI=1S/C34H32N2OS/c1-23(2)30-20-28-10-7-17-35-34(28)33(21-30)27-9-6-8-25(18-27)19-32(29-12-11-24(3)36-22-29)26-13-15-31(16-14-26)38(4,5)37/h6-23H,4H2,1-3,5H3/b32-19+. The summed E-state index contributed by atoms with van der Waals surface area (Å²) in [6.45, 7) is 6.43. The number of nitrogens with zero attached hydrogens (tertiary/aromatic N) is 2. The number of fused-ring (bicyclic) bond motifs is 1. The SMILES string of the molecule is C=S(C)(=O)c1ccc(/C(=C\c2cccc(-c3cc(C(C)C)cc4cccnc34)c2)c2ccc(C)nc2)cc1. The minimum absolute atomic E-state index is 0.418. The molecular weight excluding hydrogens is 484 g/mol. The summed E-state index contributed by atoms with van der Waals surface area (Å²) in [5, 5.41) is 1.15. The molecule has 3 aromatic carbocycles. The van der Waals surface area contributed by atoms with Crippen LogP contribution in [0.15, 0.2) is 102 Å². The van der Waals surface area contributed by atoms with E-state index in [0.717, 1.165) is 54.9 Å². The maximum absolute atomic E-state index is 12.5. The van der Waals surface area contributed by atoms with Crippen molar-refractivity contribution in [2.75, 3.05) is 6.26 Å². The zero-order valence-electron chi connectivity index (χ0n) is 22.3. The van der Waals surface area contributed by atoms with E-state index >= 15 is 0 Å². The van der Waals surface area contributed by atoms with Gasteiger partial charge in [-0.25, -0.2) is 0 Å². The van der Waals surface area contributed by atoms with Crippen molar-refractivity contribution in [3.63, 3.8) is 0 Å². The summed E-state index contributed by atoms with van der Waals surface area (Å²) in [7, 11) is -2.28. The highest BCUT2D eigenvalue weighted by Gasteiger charge is 2.12. The zero-order valence-corrected chi connectivity index (χ0v) is 23.1. The number of pyridine rings is 2. The van der Waals surface area contributed by atoms with E-state index in [1.807, 2.05) is 55.7 Å². The number of aromatic nitrogens is 2. The summed E-state index contributed by atoms with van der Waals surface area (Å²) < 4.78 is 12.5. The molecule has 190 valence electrons. The summed E-state index contributed by atoms with van der Waals surface area (Å²) in [6, 6.07) is 29.2. The number of hydrogen-bond donors (Lipinski definition) is 0. The quantitative estimate of drug-likeness (QED) is 0.169. The highest BCUT2D eigenvalue weighted by Crippen LogP contribution is 2.33. The second kappa shape index (κ2) is 10.4. The van der Waals surface area contributed by atoms with Gasteiger partial charge in [-0.1, -0.05) is 56.3 Å². The van der Waals surface area contributed by atoms with Crippen LogP contribution in [0.5, 0.6) is 0 Å². The first-order valence-electron chi connectivity index (χ1n) is 12.8. The van der Waals surface area contributed by atoms with Crippen molar-refractivity contribution in [1.29, 1.82) is 0 Å². The topological polar surface area (TPSA) is 42.9 Å². The van der Waals surface area contributed by atoms with Crippen molar-refractivity contribution in [1.82, 2.24) is 9.97 Å². The maximum atomic E-state index is 12.5. The molecule has 0 aliphatic rings. The van der Waals surface area contributed by atoms with Crippen molar-refractivity contribution in [3.8, 4) is 11.1 Å². The zero-order chi connectivity index (χ0) is 26.9. The summed E-state index contributed by atoms with van der Waals surface area (Å²) in [5.74, 6) is 4.24. The molecule has 0 saturated heterocycles. The Balaban J connectivity index is 1.66. The molecule has 0 radical (unpaired) electrons. The molecule has 38 heavy (non-hydrogen) atoms. The van der Waals surface area contributed by atoms with Gasteiger partial charge in [0.15, 0.2) is 0 Å². The Kier molecular flexibility index (Phi) is 7.00. The van der Waals surface area contributed by atoms with Crippen molar-refractivity contribution in [2.45, 2.75) is 31.6 Å². The van der Waals surface area contributed by atoms with Gasteiger partial charge in [-0.3, -0.25) is 14.2 Å². The third kappa shape index (κ3) is 5.46. The lowest BCUT2D eigenvalue weighted by molar-refractivity contribution is 0.685. The molecule has 2 heterocycles. The van der Waals surface area contributed by atoms with Crippen molar-refractivity contribution >= 4 is 37.9 Å². The molecule has 3 nitrogen and oxygen atoms in total. The van der Waals surface area contributed by atoms with Crippen LogP contribution in [0.25, 0.3) is 33.7 Å². The van der Waals surface area contributed by atoms with Crippen molar-refractivity contribution in [2.24, 2.45) is 0 Å². The molecule has 0 spiro atoms. The predicted molar refractivity (Wildman–Crippen MR) is 163 cm³/mol. The van der Waals surface area contributed by atoms with Crippen LogP contribution in [0.2, 0.25) is 0 Å². The fourth-order valence-corrected chi connectivity index (χ4v) is 5.33. The molecule has 0 bridgehead atoms. The molecule has 0 aliphatic heterocycles. The van der Waals surface area contributed by atoms with Crippen LogP contribution in [0.4, 0.5) is 0 Å². The third-order valence-electron chi connectivity index (χ3n) is 6.79. The van der Waals surface area contributed by atoms with E-state index in [4.69, 9.17) is 4.98 Å². The Hall–Kier alpha value is -4.02. The molecule has 0 amide bonds. The number of hydrogen-bond acceptors (Lipinski definition) is 3. The van der Waals surface area contributed by atoms with Crippen molar-refractivity contribution in [3.05, 3.63) is 125 Å². The van der Waals surface area contributed by atoms with E-state index in [1.165, 1.54) is 5.56 Å². The number of aryl methyl sites for hydroxylation is 1. The molecule has 5 aromatic rings. The van der Waals surface area contributed by atoms with Gasteiger partial charge >= 0.3 is 0 Å². The smallest absolute Gasteiger partial charge is 0.0780 e. The fourth-order valence-electron chi connectivity index (χ4n) is 4.61. The van der Waals surface area contributed by atoms with Crippen LogP contribution in [0.1, 0.15) is 47.7 Å². The van der Waals surface area contributed by atoms with Crippen LogP contribution in [-0.4, -0.2) is 26.3 Å². The Bertz CT molecular complexity index is 1750. The summed E-state index contributed by atoms with van der Waals surface area (Å²) >= 11 is 0. The molecule has 1 unspecified atom stereocenters. The fraction of sp³-hybridized carbons (Fsp3) is 0.147. The lowest BCUT2D eigenvalue weighted by Crippen LogP contribution is -1.97. The molecule has 2 aromatic heterocycles. The van der Waals surface area contributed by atoms with E-state index in [1.54, 1.807) is 6.26 Å². The van der Waals surface area contributed by atoms with Gasteiger partial charge in [0.2, 0.25) is 0 Å². The minimum Gasteiger partial charge on any atom is -0.263 e. The van der Waals surface area contributed by atoms with Gasteiger partial charge in [0.1, 0.15) is 0 Å². The normalized spacial score (nSPS) is 13.6. The van der Waals surface area contributed by atoms with Gasteiger partial charge in [-0.15, -0.1) is 0 Å². The maximum Gasteiger partial charge on any atom is 0.0780 e. The van der Waals surface area contributed by atoms with Crippen LogP contribution < -0.4 is 0 Å². The van der Waals surface area contributed by atoms with Gasteiger partial charge in [-0.05, 0) is 105 Å². The Morgan fingerprint density at radius 2 is 1.66 bits per heavy atom. The first-order valence-corrected chi connectivity index (χ1v) is 14.9. The van der Waals surface area contributed by atoms with Gasteiger partial charge in [0.05, 0.1) is 5.52 Å². The lowest BCUT2D eigenvalue weighted by Gasteiger charge is -2.14. The van der Waals surface area contributed by atoms with E-state index in [2.05, 4.69) is 79.3 Å². The van der Waals surface area contributed by atoms with Gasteiger partial charge in [0.25, 0.3) is 0 Å². The average molecular weight is 517 g/mol. The molecule has 4 heteroatoms. The summed E-state index contributed by atoms with van der Waals surface area (Å²) in [4.78, 5) is 10.0. The predicted octanol–water partition coefficient (Wildman–Crippen LogP) is 8.02. The first kappa shape index (κ1) is 25.6. The average Bonchev–Trinajstić information content (AvgIpc) is 2.91. The van der Waals surface area contributed by atoms with Gasteiger partial charge in [0, 0.05) is 45.8 Å². The van der Waals surface area contributed by atoms with E-state index in [-0.39, 0.29) is 0 Å². The van der Waals surface area contributed by atoms with Crippen LogP contribution >= 0.6 is 0 Å². The number of rotatable bonds is 6. The highest BCUT2D eigenvalue weighted by molar-refractivity contribution is 7.99. The Labute approximate surface area is 225 Å². The monoisotopic (exact) mass is 516 g/mol. The van der Waals surface area contributed by atoms with E-state index < -0.39 is 9.52 Å². The molecular formula is C34H32N2OS. The second-order valence-electron chi connectivity index (χ2n) is 10.2. The van der Waals surface area contributed by atoms with Gasteiger partial charge < -0.3 is 0 Å². The van der Waals surface area contributed by atoms with Crippen LogP contribution in [-0.2, 0) is 9.52 Å². The molecule has 0 aliphatic carbocycles. The first-order chi connectivity index (χ1) is 18.2. The molecule has 0 fully saturated rings. The summed E-state index contributed by atoms with van der Waals surface area (Å²) in [6.07, 6.45) is 7.63. The lowest BCUT2D eigenvalue weighted by atomic mass is 9.92. The minimum atomic E-state index is -2.28. The Morgan fingerprint density at radius 1 is 0.895 bits per heavy atom. The molecule has 0 saturated carbocycles. The molecule has 1 atom stereocenters. The largest absolute Gasteiger partial charge is 0.263 e. The highest BCUT2D eigenvalue weighted by atomic mass is 32.2. The third-order valence-corrected chi connectivity index (χ3v) is 8.06. The van der Waals surface area contributed by atoms with Crippen molar-refractivity contribution < 1.29 is 4.21 Å². The van der Waals surface area contributed by atoms with E-state index in [9.17, 15) is 4.21 Å². The van der Waals surface area contributed by atoms with E-state index in [0.29, 0.717) is 5.92 Å². The molecule has 5 rings (SSSR count). The Morgan fingerprint density at radius 3 is 2.34 bits per heavy atom. The van der Waals surface area contributed by atoms with Crippen LogP contribution in [0, 0.1) is 6.92 Å².